The van der Waals surface area contributed by atoms with Crippen LogP contribution < -0.4 is 11.1 Å². The van der Waals surface area contributed by atoms with Crippen molar-refractivity contribution < 1.29 is 9.53 Å². The summed E-state index contributed by atoms with van der Waals surface area (Å²) in [4.78, 5) is 14.8. The number of rotatable bonds is 2. The topological polar surface area (TPSA) is 77.2 Å². The molecule has 0 bridgehead atoms. The lowest BCUT2D eigenvalue weighted by atomic mass is 10.3. The Labute approximate surface area is 141 Å². The zero-order valence-corrected chi connectivity index (χ0v) is 13.7. The molecule has 0 aliphatic heterocycles. The van der Waals surface area contributed by atoms with E-state index in [4.69, 9.17) is 40.5 Å². The maximum atomic E-state index is 11.0. The number of nitrogen functional groups attached to an aromatic ring is 1. The minimum atomic E-state index is -1.60. The van der Waals surface area contributed by atoms with E-state index in [-0.39, 0.29) is 6.61 Å². The van der Waals surface area contributed by atoms with E-state index in [1.165, 1.54) is 11.3 Å². The lowest BCUT2D eigenvalue weighted by Crippen LogP contribution is -2.21. The molecule has 0 saturated heterocycles. The number of para-hydroxylation sites is 1. The third-order valence-corrected chi connectivity index (χ3v) is 2.82. The van der Waals surface area contributed by atoms with Gasteiger partial charge in [0.05, 0.1) is 0 Å². The number of amides is 1. The maximum absolute atomic E-state index is 11.0. The van der Waals surface area contributed by atoms with Gasteiger partial charge in [-0.2, -0.15) is 0 Å². The van der Waals surface area contributed by atoms with Crippen LogP contribution in [0.5, 0.6) is 0 Å². The zero-order chi connectivity index (χ0) is 15.7. The Morgan fingerprint density at radius 2 is 2.00 bits per heavy atom. The summed E-state index contributed by atoms with van der Waals surface area (Å²) >= 11 is 17.4. The van der Waals surface area contributed by atoms with Crippen molar-refractivity contribution in [1.29, 1.82) is 0 Å². The minimum Gasteiger partial charge on any atom is -0.445 e. The number of thiazole rings is 1. The molecule has 0 saturated carbocycles. The molecule has 0 radical (unpaired) electrons. The average molecular weight is 369 g/mol. The summed E-state index contributed by atoms with van der Waals surface area (Å²) in [5.41, 5.74) is 6.18. The number of hydrogen-bond acceptors (Lipinski definition) is 5. The Morgan fingerprint density at radius 3 is 2.43 bits per heavy atom. The summed E-state index contributed by atoms with van der Waals surface area (Å²) in [5.74, 6) is 0. The van der Waals surface area contributed by atoms with Crippen LogP contribution in [-0.2, 0) is 4.74 Å². The molecule has 1 amide bonds. The zero-order valence-electron chi connectivity index (χ0n) is 10.6. The maximum Gasteiger partial charge on any atom is 0.413 e. The SMILES string of the molecule is Nc1ccccc1.O=C(Nc1nccs1)OCC(Cl)(Cl)Cl. The Hall–Kier alpha value is -1.21. The number of nitrogens with two attached hydrogens (primary N) is 1. The van der Waals surface area contributed by atoms with Crippen molar-refractivity contribution >= 4 is 63.1 Å². The third-order valence-electron chi connectivity index (χ3n) is 1.81. The first kappa shape index (κ1) is 17.8. The third kappa shape index (κ3) is 9.36. The fourth-order valence-corrected chi connectivity index (χ4v) is 1.69. The van der Waals surface area contributed by atoms with Crippen molar-refractivity contribution in [3.63, 3.8) is 0 Å². The molecule has 1 heterocycles. The number of carbonyl (C=O) groups is 1. The average Bonchev–Trinajstić information content (AvgIpc) is 2.90. The van der Waals surface area contributed by atoms with Crippen LogP contribution in [-0.4, -0.2) is 21.5 Å². The summed E-state index contributed by atoms with van der Waals surface area (Å²) in [6.45, 7) is -0.311. The molecular formula is C12H12Cl3N3O2S. The lowest BCUT2D eigenvalue weighted by molar-refractivity contribution is 0.164. The largest absolute Gasteiger partial charge is 0.445 e. The molecule has 2 aromatic rings. The highest BCUT2D eigenvalue weighted by Crippen LogP contribution is 2.26. The molecule has 1 aromatic heterocycles. The van der Waals surface area contributed by atoms with Crippen molar-refractivity contribution in [1.82, 2.24) is 4.98 Å². The van der Waals surface area contributed by atoms with Crippen LogP contribution in [0.25, 0.3) is 0 Å². The summed E-state index contributed by atoms with van der Waals surface area (Å²) in [5, 5.41) is 4.51. The lowest BCUT2D eigenvalue weighted by Gasteiger charge is -2.10. The number of alkyl halides is 3. The van der Waals surface area contributed by atoms with Crippen LogP contribution in [0.1, 0.15) is 0 Å². The molecule has 2 rings (SSSR count). The summed E-state index contributed by atoms with van der Waals surface area (Å²) in [6.07, 6.45) is 0.848. The molecule has 0 atom stereocenters. The molecule has 0 aliphatic carbocycles. The standard InChI is InChI=1S/C6H5Cl3N2O2S.C6H7N/c7-6(8,9)3-13-5(12)11-4-10-1-2-14-4;7-6-4-2-1-3-5-6/h1-2H,3H2,(H,10,11,12);1-5H,7H2. The molecule has 5 nitrogen and oxygen atoms in total. The highest BCUT2D eigenvalue weighted by atomic mass is 35.6. The van der Waals surface area contributed by atoms with Gasteiger partial charge in [0.15, 0.2) is 5.13 Å². The van der Waals surface area contributed by atoms with Crippen molar-refractivity contribution in [3.05, 3.63) is 41.9 Å². The van der Waals surface area contributed by atoms with Gasteiger partial charge >= 0.3 is 6.09 Å². The first-order valence-corrected chi connectivity index (χ1v) is 7.59. The fraction of sp³-hybridized carbons (Fsp3) is 0.167. The van der Waals surface area contributed by atoms with Crippen LogP contribution in [0, 0.1) is 0 Å². The van der Waals surface area contributed by atoms with Crippen molar-refractivity contribution in [2.45, 2.75) is 3.79 Å². The molecule has 9 heteroatoms. The van der Waals surface area contributed by atoms with E-state index in [9.17, 15) is 4.79 Å². The molecule has 114 valence electrons. The molecule has 21 heavy (non-hydrogen) atoms. The van der Waals surface area contributed by atoms with Gasteiger partial charge in [0.1, 0.15) is 6.61 Å². The summed E-state index contributed by atoms with van der Waals surface area (Å²) < 4.78 is 3.00. The number of anilines is 2. The van der Waals surface area contributed by atoms with Crippen molar-refractivity contribution in [3.8, 4) is 0 Å². The van der Waals surface area contributed by atoms with Crippen molar-refractivity contribution in [2.24, 2.45) is 0 Å². The van der Waals surface area contributed by atoms with Gasteiger partial charge in [-0.15, -0.1) is 11.3 Å². The number of nitrogens with zero attached hydrogens (tertiary/aromatic N) is 1. The molecular weight excluding hydrogens is 357 g/mol. The number of halogens is 3. The normalized spacial score (nSPS) is 10.2. The number of nitrogens with one attached hydrogen (secondary N) is 1. The van der Waals surface area contributed by atoms with Crippen LogP contribution in [0.2, 0.25) is 0 Å². The number of benzene rings is 1. The number of carbonyl (C=O) groups excluding carboxylic acids is 1. The van der Waals surface area contributed by atoms with E-state index in [2.05, 4.69) is 15.0 Å². The van der Waals surface area contributed by atoms with Gasteiger partial charge in [0.25, 0.3) is 0 Å². The van der Waals surface area contributed by atoms with Gasteiger partial charge in [-0.3, -0.25) is 5.32 Å². The van der Waals surface area contributed by atoms with Gasteiger partial charge in [0.2, 0.25) is 3.79 Å². The summed E-state index contributed by atoms with van der Waals surface area (Å²) in [7, 11) is 0. The van der Waals surface area contributed by atoms with Crippen LogP contribution >= 0.6 is 46.1 Å². The molecule has 1 aromatic carbocycles. The Balaban J connectivity index is 0.000000262. The Morgan fingerprint density at radius 1 is 1.33 bits per heavy atom. The van der Waals surface area contributed by atoms with E-state index in [0.29, 0.717) is 5.13 Å². The van der Waals surface area contributed by atoms with Gasteiger partial charge < -0.3 is 10.5 Å². The molecule has 0 spiro atoms. The number of hydrogen-bond donors (Lipinski definition) is 2. The fourth-order valence-electron chi connectivity index (χ4n) is 1.01. The number of aromatic nitrogens is 1. The second kappa shape index (κ2) is 8.94. The smallest absolute Gasteiger partial charge is 0.413 e. The first-order chi connectivity index (χ1) is 9.87. The van der Waals surface area contributed by atoms with Crippen molar-refractivity contribution in [2.75, 3.05) is 17.7 Å². The number of ether oxygens (including phenoxy) is 1. The second-order valence-electron chi connectivity index (χ2n) is 3.56. The van der Waals surface area contributed by atoms with E-state index in [1.807, 2.05) is 30.3 Å². The monoisotopic (exact) mass is 367 g/mol. The van der Waals surface area contributed by atoms with Crippen LogP contribution in [0.15, 0.2) is 41.9 Å². The predicted molar refractivity (Wildman–Crippen MR) is 88.2 cm³/mol. The van der Waals surface area contributed by atoms with Crippen LogP contribution in [0.4, 0.5) is 15.6 Å². The molecule has 0 fully saturated rings. The van der Waals surface area contributed by atoms with E-state index >= 15 is 0 Å². The highest BCUT2D eigenvalue weighted by molar-refractivity contribution is 7.13. The highest BCUT2D eigenvalue weighted by Gasteiger charge is 2.22. The quantitative estimate of drug-likeness (QED) is 0.611. The molecule has 3 N–H and O–H groups in total. The second-order valence-corrected chi connectivity index (χ2v) is 6.97. The molecule has 0 aliphatic rings. The Kier molecular flexibility index (Phi) is 7.60. The van der Waals surface area contributed by atoms with E-state index < -0.39 is 9.89 Å². The Bertz CT molecular complexity index is 532. The van der Waals surface area contributed by atoms with Gasteiger partial charge in [-0.05, 0) is 12.1 Å². The molecule has 0 unspecified atom stereocenters. The van der Waals surface area contributed by atoms with Crippen LogP contribution in [0.3, 0.4) is 0 Å². The predicted octanol–water partition coefficient (Wildman–Crippen LogP) is 4.33. The van der Waals surface area contributed by atoms with Gasteiger partial charge in [-0.1, -0.05) is 53.0 Å². The minimum absolute atomic E-state index is 0.311. The van der Waals surface area contributed by atoms with Gasteiger partial charge in [-0.25, -0.2) is 9.78 Å². The summed E-state index contributed by atoms with van der Waals surface area (Å²) in [6, 6.07) is 9.49. The van der Waals surface area contributed by atoms with E-state index in [1.54, 1.807) is 11.6 Å². The van der Waals surface area contributed by atoms with Gasteiger partial charge in [0, 0.05) is 17.3 Å². The van der Waals surface area contributed by atoms with E-state index in [0.717, 1.165) is 5.69 Å². The first-order valence-electron chi connectivity index (χ1n) is 5.57.